The molecule has 5 nitrogen and oxygen atoms in total. The first-order chi connectivity index (χ1) is 15.0. The van der Waals surface area contributed by atoms with E-state index in [0.717, 1.165) is 35.0 Å². The van der Waals surface area contributed by atoms with Crippen molar-refractivity contribution in [2.45, 2.75) is 51.2 Å². The number of benzene rings is 1. The van der Waals surface area contributed by atoms with Crippen molar-refractivity contribution < 1.29 is 9.18 Å². The lowest BCUT2D eigenvalue weighted by Crippen LogP contribution is -2.28. The maximum absolute atomic E-state index is 13.2. The van der Waals surface area contributed by atoms with E-state index in [2.05, 4.69) is 12.2 Å². The SMILES string of the molecule is CCn1c(SCC(=O)NCCc2ccc(F)cc2)nc2sc3c(c2c1=O)CCC(C)C3. The van der Waals surface area contributed by atoms with Gasteiger partial charge in [-0.3, -0.25) is 14.2 Å². The predicted molar refractivity (Wildman–Crippen MR) is 125 cm³/mol. The molecule has 0 bridgehead atoms. The van der Waals surface area contributed by atoms with Crippen molar-refractivity contribution in [3.63, 3.8) is 0 Å². The van der Waals surface area contributed by atoms with Crippen molar-refractivity contribution in [3.8, 4) is 0 Å². The van der Waals surface area contributed by atoms with Crippen LogP contribution in [0.1, 0.15) is 36.3 Å². The zero-order valence-electron chi connectivity index (χ0n) is 17.7. The van der Waals surface area contributed by atoms with E-state index in [0.29, 0.717) is 30.6 Å². The van der Waals surface area contributed by atoms with E-state index in [9.17, 15) is 14.0 Å². The van der Waals surface area contributed by atoms with Gasteiger partial charge in [0.15, 0.2) is 5.16 Å². The van der Waals surface area contributed by atoms with E-state index in [-0.39, 0.29) is 23.0 Å². The second kappa shape index (κ2) is 9.53. The van der Waals surface area contributed by atoms with Crippen LogP contribution in [0, 0.1) is 11.7 Å². The van der Waals surface area contributed by atoms with Crippen LogP contribution in [0.2, 0.25) is 0 Å². The van der Waals surface area contributed by atoms with E-state index < -0.39 is 0 Å². The lowest BCUT2D eigenvalue weighted by atomic mass is 9.89. The van der Waals surface area contributed by atoms with Crippen LogP contribution in [0.3, 0.4) is 0 Å². The Morgan fingerprint density at radius 3 is 2.87 bits per heavy atom. The fraction of sp³-hybridized carbons (Fsp3) is 0.435. The van der Waals surface area contributed by atoms with Crippen molar-refractivity contribution >= 4 is 39.2 Å². The zero-order chi connectivity index (χ0) is 22.0. The Balaban J connectivity index is 1.43. The average Bonchev–Trinajstić information content (AvgIpc) is 3.11. The van der Waals surface area contributed by atoms with Crippen LogP contribution < -0.4 is 10.9 Å². The lowest BCUT2D eigenvalue weighted by Gasteiger charge is -2.17. The number of rotatable bonds is 7. The fourth-order valence-electron chi connectivity index (χ4n) is 3.97. The number of hydrogen-bond donors (Lipinski definition) is 1. The Morgan fingerprint density at radius 1 is 1.35 bits per heavy atom. The lowest BCUT2D eigenvalue weighted by molar-refractivity contribution is -0.118. The highest BCUT2D eigenvalue weighted by atomic mass is 32.2. The number of fused-ring (bicyclic) bond motifs is 3. The number of hydrogen-bond acceptors (Lipinski definition) is 5. The summed E-state index contributed by atoms with van der Waals surface area (Å²) in [6.07, 6.45) is 3.71. The summed E-state index contributed by atoms with van der Waals surface area (Å²) in [4.78, 5) is 32.3. The normalized spacial score (nSPS) is 15.8. The van der Waals surface area contributed by atoms with E-state index in [1.54, 1.807) is 28.0 Å². The minimum atomic E-state index is -0.267. The van der Waals surface area contributed by atoms with Gasteiger partial charge in [-0.25, -0.2) is 9.37 Å². The molecule has 8 heteroatoms. The Labute approximate surface area is 189 Å². The molecular formula is C23H26FN3O2S2. The molecule has 4 rings (SSSR count). The second-order valence-corrected chi connectivity index (χ2v) is 10.0. The second-order valence-electron chi connectivity index (χ2n) is 7.99. The molecule has 0 fully saturated rings. The van der Waals surface area contributed by atoms with Gasteiger partial charge in [0.05, 0.1) is 11.1 Å². The first-order valence-corrected chi connectivity index (χ1v) is 12.5. The third kappa shape index (κ3) is 4.85. The van der Waals surface area contributed by atoms with E-state index in [1.165, 1.54) is 34.3 Å². The van der Waals surface area contributed by atoms with Gasteiger partial charge in [-0.2, -0.15) is 0 Å². The van der Waals surface area contributed by atoms with Crippen LogP contribution in [0.25, 0.3) is 10.2 Å². The number of aromatic nitrogens is 2. The number of carbonyl (C=O) groups is 1. The molecule has 2 heterocycles. The molecule has 3 aromatic rings. The van der Waals surface area contributed by atoms with Crippen LogP contribution in [0.15, 0.2) is 34.2 Å². The van der Waals surface area contributed by atoms with Gasteiger partial charge in [-0.1, -0.05) is 30.8 Å². The standard InChI is InChI=1S/C23H26FN3O2S2/c1-3-27-22(29)20-17-9-4-14(2)12-18(17)31-21(20)26-23(27)30-13-19(28)25-11-10-15-5-7-16(24)8-6-15/h5-8,14H,3-4,9-13H2,1-2H3,(H,25,28). The van der Waals surface area contributed by atoms with E-state index in [4.69, 9.17) is 4.98 Å². The summed E-state index contributed by atoms with van der Waals surface area (Å²) in [6, 6.07) is 6.28. The largest absolute Gasteiger partial charge is 0.355 e. The summed E-state index contributed by atoms with van der Waals surface area (Å²) in [5, 5.41) is 4.26. The van der Waals surface area contributed by atoms with Crippen LogP contribution in [0.5, 0.6) is 0 Å². The molecule has 1 atom stereocenters. The maximum atomic E-state index is 13.2. The number of thioether (sulfide) groups is 1. The smallest absolute Gasteiger partial charge is 0.263 e. The molecule has 1 unspecified atom stereocenters. The number of nitrogens with one attached hydrogen (secondary N) is 1. The van der Waals surface area contributed by atoms with E-state index in [1.807, 2.05) is 6.92 Å². The first kappa shape index (κ1) is 22.0. The quantitative estimate of drug-likeness (QED) is 0.425. The number of carbonyl (C=O) groups excluding carboxylic acids is 1. The topological polar surface area (TPSA) is 64.0 Å². The van der Waals surface area contributed by atoms with Crippen molar-refractivity contribution in [1.82, 2.24) is 14.9 Å². The fourth-order valence-corrected chi connectivity index (χ4v) is 6.29. The average molecular weight is 460 g/mol. The molecule has 0 saturated heterocycles. The number of thiophene rings is 1. The predicted octanol–water partition coefficient (Wildman–Crippen LogP) is 4.19. The van der Waals surface area contributed by atoms with Crippen LogP contribution in [0.4, 0.5) is 4.39 Å². The van der Waals surface area contributed by atoms with Crippen molar-refractivity contribution in [2.24, 2.45) is 5.92 Å². The Bertz CT molecular complexity index is 1150. The van der Waals surface area contributed by atoms with Crippen LogP contribution >= 0.6 is 23.1 Å². The molecule has 1 aliphatic carbocycles. The first-order valence-electron chi connectivity index (χ1n) is 10.6. The molecule has 0 aliphatic heterocycles. The van der Waals surface area contributed by atoms with Gasteiger partial charge in [0.2, 0.25) is 5.91 Å². The number of amides is 1. The number of aryl methyl sites for hydroxylation is 1. The molecule has 1 aliphatic rings. The van der Waals surface area contributed by atoms with Gasteiger partial charge in [-0.15, -0.1) is 11.3 Å². The Hall–Kier alpha value is -2.19. The minimum absolute atomic E-state index is 0.0128. The molecule has 0 saturated carbocycles. The number of nitrogens with zero attached hydrogens (tertiary/aromatic N) is 2. The van der Waals surface area contributed by atoms with Gasteiger partial charge < -0.3 is 5.32 Å². The molecule has 1 N–H and O–H groups in total. The Kier molecular flexibility index (Phi) is 6.77. The summed E-state index contributed by atoms with van der Waals surface area (Å²) in [5.41, 5.74) is 2.17. The third-order valence-electron chi connectivity index (χ3n) is 5.68. The summed E-state index contributed by atoms with van der Waals surface area (Å²) >= 11 is 2.93. The molecule has 0 spiro atoms. The van der Waals surface area contributed by atoms with Gasteiger partial charge in [0.25, 0.3) is 5.56 Å². The monoisotopic (exact) mass is 459 g/mol. The summed E-state index contributed by atoms with van der Waals surface area (Å²) in [7, 11) is 0. The molecule has 164 valence electrons. The zero-order valence-corrected chi connectivity index (χ0v) is 19.4. The summed E-state index contributed by atoms with van der Waals surface area (Å²) < 4.78 is 14.7. The molecule has 2 aromatic heterocycles. The molecular weight excluding hydrogens is 433 g/mol. The number of halogens is 1. The highest BCUT2D eigenvalue weighted by Crippen LogP contribution is 2.36. The van der Waals surface area contributed by atoms with Gasteiger partial charge in [0, 0.05) is 18.0 Å². The van der Waals surface area contributed by atoms with Gasteiger partial charge in [-0.05, 0) is 61.8 Å². The third-order valence-corrected chi connectivity index (χ3v) is 7.80. The highest BCUT2D eigenvalue weighted by molar-refractivity contribution is 7.99. The van der Waals surface area contributed by atoms with E-state index >= 15 is 0 Å². The maximum Gasteiger partial charge on any atom is 0.263 e. The highest BCUT2D eigenvalue weighted by Gasteiger charge is 2.24. The molecule has 1 amide bonds. The molecule has 31 heavy (non-hydrogen) atoms. The van der Waals surface area contributed by atoms with Crippen molar-refractivity contribution in [1.29, 1.82) is 0 Å². The molecule has 0 radical (unpaired) electrons. The van der Waals surface area contributed by atoms with Crippen molar-refractivity contribution in [2.75, 3.05) is 12.3 Å². The van der Waals surface area contributed by atoms with Crippen LogP contribution in [-0.2, 0) is 30.6 Å². The van der Waals surface area contributed by atoms with Crippen LogP contribution in [-0.4, -0.2) is 27.8 Å². The summed E-state index contributed by atoms with van der Waals surface area (Å²) in [5.74, 6) is 0.463. The summed E-state index contributed by atoms with van der Waals surface area (Å²) in [6.45, 7) is 5.19. The minimum Gasteiger partial charge on any atom is -0.355 e. The van der Waals surface area contributed by atoms with Gasteiger partial charge >= 0.3 is 0 Å². The van der Waals surface area contributed by atoms with Gasteiger partial charge in [0.1, 0.15) is 10.6 Å². The Morgan fingerprint density at radius 2 is 2.13 bits per heavy atom. The van der Waals surface area contributed by atoms with Crippen molar-refractivity contribution in [3.05, 3.63) is 56.4 Å². The molecule has 1 aromatic carbocycles.